The van der Waals surface area contributed by atoms with E-state index in [0.29, 0.717) is 11.5 Å². The normalized spacial score (nSPS) is 9.95. The highest BCUT2D eigenvalue weighted by Crippen LogP contribution is 2.21. The Bertz CT molecular complexity index is 632. The fourth-order valence-corrected chi connectivity index (χ4v) is 1.63. The molecule has 0 spiro atoms. The molecule has 0 atom stereocenters. The number of halogens is 1. The number of carbonyl (C=O) groups is 1. The lowest BCUT2D eigenvalue weighted by Crippen LogP contribution is -2.14. The molecule has 0 saturated carbocycles. The molecule has 0 saturated heterocycles. The number of carbonyl (C=O) groups excluding carboxylic acids is 1. The van der Waals surface area contributed by atoms with Crippen LogP contribution in [0.5, 0.6) is 5.75 Å². The van der Waals surface area contributed by atoms with Crippen LogP contribution in [0.2, 0.25) is 0 Å². The molecular weight excluding hydrogens is 261 g/mol. The van der Waals surface area contributed by atoms with E-state index in [0.717, 1.165) is 0 Å². The van der Waals surface area contributed by atoms with Crippen molar-refractivity contribution in [1.29, 1.82) is 0 Å². The van der Waals surface area contributed by atoms with Crippen LogP contribution in [0.4, 0.5) is 15.9 Å². The molecule has 0 aliphatic carbocycles. The minimum absolute atomic E-state index is 0.0692. The van der Waals surface area contributed by atoms with Crippen molar-refractivity contribution in [2.45, 2.75) is 0 Å². The van der Waals surface area contributed by atoms with Crippen molar-refractivity contribution < 1.29 is 13.9 Å². The van der Waals surface area contributed by atoms with E-state index in [1.807, 2.05) is 0 Å². The Hall–Kier alpha value is -2.63. The number of rotatable bonds is 4. The summed E-state index contributed by atoms with van der Waals surface area (Å²) in [5.41, 5.74) is 0.699. The maximum Gasteiger partial charge on any atom is 0.274 e. The summed E-state index contributed by atoms with van der Waals surface area (Å²) in [6.45, 7) is 0. The van der Waals surface area contributed by atoms with Crippen molar-refractivity contribution in [3.63, 3.8) is 0 Å². The zero-order valence-corrected chi connectivity index (χ0v) is 11.1. The number of methoxy groups -OCH3 is 1. The lowest BCUT2D eigenvalue weighted by molar-refractivity contribution is 0.102. The van der Waals surface area contributed by atoms with E-state index in [2.05, 4.69) is 15.6 Å². The van der Waals surface area contributed by atoms with E-state index >= 15 is 0 Å². The molecule has 0 radical (unpaired) electrons. The van der Waals surface area contributed by atoms with Crippen LogP contribution in [-0.2, 0) is 0 Å². The summed E-state index contributed by atoms with van der Waals surface area (Å²) in [4.78, 5) is 16.1. The average molecular weight is 275 g/mol. The van der Waals surface area contributed by atoms with Gasteiger partial charge in [-0.25, -0.2) is 9.37 Å². The number of hydrogen-bond acceptors (Lipinski definition) is 4. The summed E-state index contributed by atoms with van der Waals surface area (Å²) >= 11 is 0. The average Bonchev–Trinajstić information content (AvgIpc) is 2.49. The molecule has 6 heteroatoms. The predicted molar refractivity (Wildman–Crippen MR) is 74.7 cm³/mol. The summed E-state index contributed by atoms with van der Waals surface area (Å²) in [6, 6.07) is 9.16. The molecule has 104 valence electrons. The Morgan fingerprint density at radius 1 is 1.30 bits per heavy atom. The third kappa shape index (κ3) is 3.03. The first-order valence-corrected chi connectivity index (χ1v) is 5.93. The Morgan fingerprint density at radius 2 is 2.10 bits per heavy atom. The molecule has 0 aliphatic rings. The molecule has 2 aromatic rings. The van der Waals surface area contributed by atoms with E-state index in [1.54, 1.807) is 25.2 Å². The smallest absolute Gasteiger partial charge is 0.274 e. The topological polar surface area (TPSA) is 63.2 Å². The van der Waals surface area contributed by atoms with E-state index in [9.17, 15) is 9.18 Å². The lowest BCUT2D eigenvalue weighted by Gasteiger charge is -2.08. The molecule has 20 heavy (non-hydrogen) atoms. The van der Waals surface area contributed by atoms with Gasteiger partial charge in [-0.15, -0.1) is 0 Å². The molecule has 0 aliphatic heterocycles. The number of ether oxygens (including phenoxy) is 1. The SMILES string of the molecule is CNc1cccc(C(=O)Nc2ccc(F)c(OC)c2)n1. The number of amides is 1. The van der Waals surface area contributed by atoms with Gasteiger partial charge < -0.3 is 15.4 Å². The number of hydrogen-bond donors (Lipinski definition) is 2. The zero-order valence-electron chi connectivity index (χ0n) is 11.1. The number of aromatic nitrogens is 1. The fourth-order valence-electron chi connectivity index (χ4n) is 1.63. The first-order chi connectivity index (χ1) is 9.63. The molecule has 2 N–H and O–H groups in total. The summed E-state index contributed by atoms with van der Waals surface area (Å²) in [5.74, 6) is -0.203. The van der Waals surface area contributed by atoms with Gasteiger partial charge in [0, 0.05) is 18.8 Å². The van der Waals surface area contributed by atoms with E-state index in [1.165, 1.54) is 25.3 Å². The number of nitrogens with zero attached hydrogens (tertiary/aromatic N) is 1. The third-order valence-electron chi connectivity index (χ3n) is 2.65. The highest BCUT2D eigenvalue weighted by atomic mass is 19.1. The van der Waals surface area contributed by atoms with Crippen molar-refractivity contribution in [1.82, 2.24) is 4.98 Å². The maximum absolute atomic E-state index is 13.3. The monoisotopic (exact) mass is 275 g/mol. The molecule has 1 aromatic heterocycles. The summed E-state index contributed by atoms with van der Waals surface area (Å²) in [6.07, 6.45) is 0. The number of nitrogens with one attached hydrogen (secondary N) is 2. The van der Waals surface area contributed by atoms with Crippen LogP contribution < -0.4 is 15.4 Å². The molecular formula is C14H14FN3O2. The van der Waals surface area contributed by atoms with Crippen molar-refractivity contribution in [2.75, 3.05) is 24.8 Å². The third-order valence-corrected chi connectivity index (χ3v) is 2.65. The molecule has 0 bridgehead atoms. The first-order valence-electron chi connectivity index (χ1n) is 5.93. The first kappa shape index (κ1) is 13.8. The van der Waals surface area contributed by atoms with Gasteiger partial charge in [-0.3, -0.25) is 4.79 Å². The highest BCUT2D eigenvalue weighted by molar-refractivity contribution is 6.03. The maximum atomic E-state index is 13.3. The van der Waals surface area contributed by atoms with Crippen LogP contribution in [0.15, 0.2) is 36.4 Å². The summed E-state index contributed by atoms with van der Waals surface area (Å²) in [5, 5.41) is 5.49. The second-order valence-electron chi connectivity index (χ2n) is 3.96. The van der Waals surface area contributed by atoms with Gasteiger partial charge in [-0.2, -0.15) is 0 Å². The van der Waals surface area contributed by atoms with Crippen LogP contribution in [0, 0.1) is 5.82 Å². The Labute approximate surface area is 115 Å². The summed E-state index contributed by atoms with van der Waals surface area (Å²) < 4.78 is 18.1. The Morgan fingerprint density at radius 3 is 2.80 bits per heavy atom. The standard InChI is InChI=1S/C14H14FN3O2/c1-16-13-5-3-4-11(18-13)14(19)17-9-6-7-10(15)12(8-9)20-2/h3-8H,1-2H3,(H,16,18)(H,17,19). The van der Waals surface area contributed by atoms with Gasteiger partial charge in [0.15, 0.2) is 11.6 Å². The summed E-state index contributed by atoms with van der Waals surface area (Å²) in [7, 11) is 3.08. The predicted octanol–water partition coefficient (Wildman–Crippen LogP) is 2.52. The molecule has 1 heterocycles. The second-order valence-corrected chi connectivity index (χ2v) is 3.96. The molecule has 1 aromatic carbocycles. The van der Waals surface area contributed by atoms with Gasteiger partial charge >= 0.3 is 0 Å². The van der Waals surface area contributed by atoms with Crippen LogP contribution in [0.3, 0.4) is 0 Å². The fraction of sp³-hybridized carbons (Fsp3) is 0.143. The van der Waals surface area contributed by atoms with E-state index < -0.39 is 5.82 Å². The van der Waals surface area contributed by atoms with Crippen molar-refractivity contribution in [3.05, 3.63) is 47.9 Å². The number of pyridine rings is 1. The van der Waals surface area contributed by atoms with Crippen molar-refractivity contribution >= 4 is 17.4 Å². The largest absolute Gasteiger partial charge is 0.494 e. The quantitative estimate of drug-likeness (QED) is 0.900. The molecule has 5 nitrogen and oxygen atoms in total. The second kappa shape index (κ2) is 6.01. The zero-order chi connectivity index (χ0) is 14.5. The minimum Gasteiger partial charge on any atom is -0.494 e. The van der Waals surface area contributed by atoms with Gasteiger partial charge in [0.1, 0.15) is 11.5 Å². The van der Waals surface area contributed by atoms with Crippen molar-refractivity contribution in [3.8, 4) is 5.75 Å². The van der Waals surface area contributed by atoms with Gasteiger partial charge in [0.25, 0.3) is 5.91 Å². The van der Waals surface area contributed by atoms with Crippen LogP contribution in [0.1, 0.15) is 10.5 Å². The van der Waals surface area contributed by atoms with E-state index in [-0.39, 0.29) is 17.4 Å². The molecule has 0 fully saturated rings. The Kier molecular flexibility index (Phi) is 4.14. The van der Waals surface area contributed by atoms with Gasteiger partial charge in [-0.05, 0) is 24.3 Å². The van der Waals surface area contributed by atoms with E-state index in [4.69, 9.17) is 4.74 Å². The molecule has 0 unspecified atom stereocenters. The number of benzene rings is 1. The van der Waals surface area contributed by atoms with Gasteiger partial charge in [0.2, 0.25) is 0 Å². The van der Waals surface area contributed by atoms with Gasteiger partial charge in [-0.1, -0.05) is 6.07 Å². The molecule has 1 amide bonds. The molecule has 2 rings (SSSR count). The number of anilines is 2. The van der Waals surface area contributed by atoms with Crippen LogP contribution in [0.25, 0.3) is 0 Å². The van der Waals surface area contributed by atoms with Gasteiger partial charge in [0.05, 0.1) is 7.11 Å². The lowest BCUT2D eigenvalue weighted by atomic mass is 10.2. The minimum atomic E-state index is -0.485. The highest BCUT2D eigenvalue weighted by Gasteiger charge is 2.10. The Balaban J connectivity index is 2.18. The van der Waals surface area contributed by atoms with Crippen LogP contribution in [-0.4, -0.2) is 25.0 Å². The van der Waals surface area contributed by atoms with Crippen molar-refractivity contribution in [2.24, 2.45) is 0 Å². The van der Waals surface area contributed by atoms with Crippen LogP contribution >= 0.6 is 0 Å².